The van der Waals surface area contributed by atoms with Gasteiger partial charge in [-0.25, -0.2) is 43.2 Å². The lowest BCUT2D eigenvalue weighted by atomic mass is 10.3. The quantitative estimate of drug-likeness (QED) is 0.0244. The molecule has 0 radical (unpaired) electrons. The van der Waals surface area contributed by atoms with Crippen molar-refractivity contribution in [1.82, 2.24) is 31.9 Å². The summed E-state index contributed by atoms with van der Waals surface area (Å²) in [5.41, 5.74) is 0.544. The van der Waals surface area contributed by atoms with Crippen LogP contribution in [0.25, 0.3) is 0 Å². The van der Waals surface area contributed by atoms with E-state index in [0.717, 1.165) is 0 Å². The molecule has 6 N–H and O–H groups in total. The molecule has 0 aromatic heterocycles. The number of hydrogen-bond donors (Lipinski definition) is 6. The highest BCUT2D eigenvalue weighted by atomic mass is 16.6. The van der Waals surface area contributed by atoms with Crippen molar-refractivity contribution < 1.29 is 100.0 Å². The minimum Gasteiger partial charge on any atom is -0.456 e. The first kappa shape index (κ1) is 62.1. The second kappa shape index (κ2) is 35.3. The van der Waals surface area contributed by atoms with E-state index in [2.05, 4.69) is 51.6 Å². The van der Waals surface area contributed by atoms with Gasteiger partial charge in [0.05, 0.1) is 53.0 Å². The van der Waals surface area contributed by atoms with E-state index in [1.165, 1.54) is 62.3 Å². The van der Waals surface area contributed by atoms with Gasteiger partial charge in [-0.2, -0.15) is 0 Å². The Morgan fingerprint density at radius 1 is 0.348 bits per heavy atom. The van der Waals surface area contributed by atoms with Crippen LogP contribution in [0.15, 0.2) is 36.5 Å². The van der Waals surface area contributed by atoms with Gasteiger partial charge in [-0.15, -0.1) is 0 Å². The Hall–Kier alpha value is -6.87. The highest BCUT2D eigenvalue weighted by molar-refractivity contribution is 5.88. The molecule has 392 valence electrons. The lowest BCUT2D eigenvalue weighted by Crippen LogP contribution is -2.40. The van der Waals surface area contributed by atoms with Crippen molar-refractivity contribution in [2.45, 2.75) is 105 Å². The highest BCUT2D eigenvalue weighted by Crippen LogP contribution is 2.05. The van der Waals surface area contributed by atoms with Crippen LogP contribution >= 0.6 is 0 Å². The summed E-state index contributed by atoms with van der Waals surface area (Å²) in [6.45, 7) is 21.4. The molecule has 0 aromatic rings. The molecule has 0 heterocycles. The maximum atomic E-state index is 12.3. The number of ether oxygens (including phenoxy) is 12. The topological polar surface area (TPSA) is 337 Å². The lowest BCUT2D eigenvalue weighted by molar-refractivity contribution is -0.146. The van der Waals surface area contributed by atoms with Crippen molar-refractivity contribution in [2.24, 2.45) is 0 Å². The highest BCUT2D eigenvalue weighted by Gasteiger charge is 2.20. The minimum absolute atomic E-state index is 0.130. The van der Waals surface area contributed by atoms with Crippen molar-refractivity contribution in [3.05, 3.63) is 36.5 Å². The number of hydrogen-bond acceptors (Lipinski definition) is 21. The molecular formula is C42H68N6O21. The molecule has 0 aromatic carbocycles. The van der Waals surface area contributed by atoms with E-state index in [9.17, 15) is 43.2 Å². The van der Waals surface area contributed by atoms with E-state index in [1.807, 2.05) is 0 Å². The molecule has 0 aliphatic rings. The predicted molar refractivity (Wildman–Crippen MR) is 238 cm³/mol. The van der Waals surface area contributed by atoms with E-state index < -0.39 is 97.2 Å². The Morgan fingerprint density at radius 3 is 0.870 bits per heavy atom. The Bertz CT molecular complexity index is 1650. The van der Waals surface area contributed by atoms with Gasteiger partial charge in [0.25, 0.3) is 0 Å². The van der Waals surface area contributed by atoms with Crippen LogP contribution in [0.2, 0.25) is 0 Å². The van der Waals surface area contributed by atoms with Crippen LogP contribution in [0.1, 0.15) is 62.3 Å². The summed E-state index contributed by atoms with van der Waals surface area (Å²) in [6, 6.07) is 0. The molecule has 0 spiro atoms. The fourth-order valence-corrected chi connectivity index (χ4v) is 4.17. The summed E-state index contributed by atoms with van der Waals surface area (Å²) in [5.74, 6) is -1.92. The summed E-state index contributed by atoms with van der Waals surface area (Å²) < 4.78 is 62.7. The summed E-state index contributed by atoms with van der Waals surface area (Å²) >= 11 is 0. The van der Waals surface area contributed by atoms with Crippen molar-refractivity contribution in [1.29, 1.82) is 0 Å². The molecule has 6 unspecified atom stereocenters. The minimum atomic E-state index is -0.917. The normalized spacial score (nSPS) is 13.5. The molecule has 0 saturated heterocycles. The molecule has 6 amide bonds. The van der Waals surface area contributed by atoms with E-state index in [4.69, 9.17) is 56.8 Å². The molecule has 0 saturated carbocycles. The van der Waals surface area contributed by atoms with Crippen molar-refractivity contribution in [3.8, 4) is 0 Å². The number of rotatable bonds is 32. The molecule has 69 heavy (non-hydrogen) atoms. The predicted octanol–water partition coefficient (Wildman–Crippen LogP) is 2.32. The van der Waals surface area contributed by atoms with E-state index in [0.29, 0.717) is 0 Å². The molecule has 0 rings (SSSR count). The Kier molecular flexibility index (Phi) is 31.8. The van der Waals surface area contributed by atoms with Crippen LogP contribution in [0.3, 0.4) is 0 Å². The lowest BCUT2D eigenvalue weighted by Gasteiger charge is -2.23. The van der Waals surface area contributed by atoms with Crippen LogP contribution in [0, 0.1) is 0 Å². The first-order valence-corrected chi connectivity index (χ1v) is 21.3. The Labute approximate surface area is 400 Å². The fraction of sp³-hybridized carbons (Fsp3) is 0.643. The van der Waals surface area contributed by atoms with Crippen LogP contribution in [-0.4, -0.2) is 170 Å². The standard InChI is InChI=1S/C42H68N6O21/c1-24(2)34(49)64-29(9)16-61-37(52)43-21-46-40(55)67-27(7)13-58-19-33(60-15-32(12)69-42(57)48-23-45-39(54)63-18-31(11)66-36(51)26(5)6)20-59-14-28(8)68-41(56)47-22-44-38(53)62-17-30(10)65-35(50)25(3)4/h27-33H,1,3,5,13-23H2,2,4,6-12H3,(H,43,52)(H,44,53)(H,45,54)(H,46,55)(H,47,56)(H,48,57). The van der Waals surface area contributed by atoms with Gasteiger partial charge in [-0.1, -0.05) is 19.7 Å². The van der Waals surface area contributed by atoms with Gasteiger partial charge in [0.2, 0.25) is 0 Å². The average Bonchev–Trinajstić information content (AvgIpc) is 3.25. The van der Waals surface area contributed by atoms with Crippen LogP contribution in [0.4, 0.5) is 28.8 Å². The summed E-state index contributed by atoms with van der Waals surface area (Å²) in [4.78, 5) is 107. The molecule has 27 nitrogen and oxygen atoms in total. The fourth-order valence-electron chi connectivity index (χ4n) is 4.17. The third-order valence-electron chi connectivity index (χ3n) is 7.52. The van der Waals surface area contributed by atoms with E-state index >= 15 is 0 Å². The summed E-state index contributed by atoms with van der Waals surface area (Å²) in [7, 11) is 0. The number of carbonyl (C=O) groups excluding carboxylic acids is 9. The zero-order valence-corrected chi connectivity index (χ0v) is 40.5. The maximum Gasteiger partial charge on any atom is 0.408 e. The molecule has 0 aliphatic heterocycles. The second-order valence-corrected chi connectivity index (χ2v) is 15.1. The number of nitrogens with one attached hydrogen (secondary N) is 6. The number of amides is 6. The summed E-state index contributed by atoms with van der Waals surface area (Å²) in [6.07, 6.45) is -10.9. The van der Waals surface area contributed by atoms with Gasteiger partial charge in [0.15, 0.2) is 0 Å². The first-order chi connectivity index (χ1) is 32.4. The van der Waals surface area contributed by atoms with Crippen LogP contribution < -0.4 is 31.9 Å². The zero-order valence-electron chi connectivity index (χ0n) is 40.5. The van der Waals surface area contributed by atoms with Gasteiger partial charge in [0.1, 0.15) is 62.5 Å². The molecule has 0 bridgehead atoms. The van der Waals surface area contributed by atoms with Gasteiger partial charge in [0, 0.05) is 16.7 Å². The molecule has 0 fully saturated rings. The SMILES string of the molecule is C=C(C)C(=O)OC(C)COC(=O)NCNC(=O)OC(C)COCC(COCC(C)OC(=O)NCNC(=O)OCC(C)OC(=O)C(=C)C)OCC(C)OC(=O)NCNC(=O)OCC(C)OC(=O)C(=C)C. The largest absolute Gasteiger partial charge is 0.456 e. The number of alkyl carbamates (subject to hydrolysis) is 6. The average molecular weight is 993 g/mol. The molecule has 27 heteroatoms. The van der Waals surface area contributed by atoms with E-state index in [-0.39, 0.29) is 89.6 Å². The van der Waals surface area contributed by atoms with Gasteiger partial charge in [-0.05, 0) is 62.3 Å². The van der Waals surface area contributed by atoms with Crippen LogP contribution in [-0.2, 0) is 71.2 Å². The Morgan fingerprint density at radius 2 is 0.594 bits per heavy atom. The number of carbonyl (C=O) groups is 9. The monoisotopic (exact) mass is 992 g/mol. The number of esters is 3. The molecular weight excluding hydrogens is 924 g/mol. The van der Waals surface area contributed by atoms with Crippen molar-refractivity contribution in [3.63, 3.8) is 0 Å². The van der Waals surface area contributed by atoms with Crippen molar-refractivity contribution >= 4 is 54.5 Å². The smallest absolute Gasteiger partial charge is 0.408 e. The van der Waals surface area contributed by atoms with E-state index in [1.54, 1.807) is 0 Å². The zero-order chi connectivity index (χ0) is 52.5. The third-order valence-corrected chi connectivity index (χ3v) is 7.52. The maximum absolute atomic E-state index is 12.3. The van der Waals surface area contributed by atoms with Crippen LogP contribution in [0.5, 0.6) is 0 Å². The Balaban J connectivity index is 5.00. The molecule has 6 atom stereocenters. The third kappa shape index (κ3) is 34.1. The molecule has 0 aliphatic carbocycles. The van der Waals surface area contributed by atoms with Gasteiger partial charge < -0.3 is 88.7 Å². The first-order valence-electron chi connectivity index (χ1n) is 21.3. The van der Waals surface area contributed by atoms with Gasteiger partial charge in [-0.3, -0.25) is 0 Å². The summed E-state index contributed by atoms with van der Waals surface area (Å²) in [5, 5.41) is 13.8. The second-order valence-electron chi connectivity index (χ2n) is 15.1. The van der Waals surface area contributed by atoms with Crippen molar-refractivity contribution in [2.75, 3.05) is 72.9 Å². The van der Waals surface area contributed by atoms with Gasteiger partial charge >= 0.3 is 54.5 Å².